The Morgan fingerprint density at radius 2 is 2.10 bits per heavy atom. The van der Waals surface area contributed by atoms with Crippen molar-refractivity contribution in [2.24, 2.45) is 0 Å². The van der Waals surface area contributed by atoms with Gasteiger partial charge in [-0.1, -0.05) is 6.92 Å². The minimum absolute atomic E-state index is 0.191. The first-order valence-corrected chi connectivity index (χ1v) is 7.59. The Hall–Kier alpha value is -1.97. The molecule has 0 spiro atoms. The number of hydrogen-bond acceptors (Lipinski definition) is 3. The van der Waals surface area contributed by atoms with Crippen molar-refractivity contribution in [3.05, 3.63) is 40.8 Å². The summed E-state index contributed by atoms with van der Waals surface area (Å²) in [7, 11) is 0. The van der Waals surface area contributed by atoms with Crippen LogP contribution in [-0.4, -0.2) is 16.5 Å². The van der Waals surface area contributed by atoms with Crippen LogP contribution in [0.2, 0.25) is 0 Å². The molecule has 1 aromatic heterocycles. The highest BCUT2D eigenvalue weighted by Gasteiger charge is 2.19. The third kappa shape index (κ3) is 2.75. The predicted octanol–water partition coefficient (Wildman–Crippen LogP) is 3.90. The minimum atomic E-state index is -0.191. The van der Waals surface area contributed by atoms with Gasteiger partial charge in [0.05, 0.1) is 0 Å². The average molecular weight is 285 g/mol. The van der Waals surface area contributed by atoms with E-state index < -0.39 is 0 Å². The molecule has 1 N–H and O–H groups in total. The summed E-state index contributed by atoms with van der Waals surface area (Å²) in [6.07, 6.45) is 4.25. The molecule has 3 rings (SSSR count). The van der Waals surface area contributed by atoms with E-state index in [1.165, 1.54) is 11.6 Å². The molecule has 1 heterocycles. The summed E-state index contributed by atoms with van der Waals surface area (Å²) in [5.74, 6) is 1.46. The van der Waals surface area contributed by atoms with Crippen molar-refractivity contribution in [1.29, 1.82) is 0 Å². The molecular weight excluding hydrogens is 265 g/mol. The number of rotatable bonds is 4. The van der Waals surface area contributed by atoms with Crippen LogP contribution in [0.15, 0.2) is 18.2 Å². The van der Waals surface area contributed by atoms with Crippen LogP contribution in [0.1, 0.15) is 36.6 Å². The van der Waals surface area contributed by atoms with Crippen LogP contribution in [0.25, 0.3) is 11.4 Å². The van der Waals surface area contributed by atoms with Gasteiger partial charge >= 0.3 is 0 Å². The second-order valence-electron chi connectivity index (χ2n) is 5.57. The van der Waals surface area contributed by atoms with Gasteiger partial charge in [0.15, 0.2) is 5.82 Å². The first-order chi connectivity index (χ1) is 10.2. The molecule has 0 radical (unpaired) electrons. The van der Waals surface area contributed by atoms with Crippen molar-refractivity contribution in [2.45, 2.75) is 39.5 Å². The molecular formula is C17H20FN3. The van der Waals surface area contributed by atoms with Crippen molar-refractivity contribution < 1.29 is 4.39 Å². The number of fused-ring (bicyclic) bond motifs is 1. The quantitative estimate of drug-likeness (QED) is 0.925. The zero-order chi connectivity index (χ0) is 14.8. The highest BCUT2D eigenvalue weighted by atomic mass is 19.1. The van der Waals surface area contributed by atoms with Gasteiger partial charge in [0.25, 0.3) is 0 Å². The van der Waals surface area contributed by atoms with Crippen molar-refractivity contribution >= 4 is 5.82 Å². The second-order valence-corrected chi connectivity index (χ2v) is 5.57. The van der Waals surface area contributed by atoms with E-state index in [1.807, 2.05) is 6.07 Å². The molecule has 0 aliphatic heterocycles. The first-order valence-electron chi connectivity index (χ1n) is 7.59. The predicted molar refractivity (Wildman–Crippen MR) is 83.0 cm³/mol. The van der Waals surface area contributed by atoms with E-state index in [9.17, 15) is 4.39 Å². The Morgan fingerprint density at radius 3 is 2.86 bits per heavy atom. The number of halogens is 1. The van der Waals surface area contributed by atoms with E-state index in [2.05, 4.69) is 22.2 Å². The average Bonchev–Trinajstić information content (AvgIpc) is 2.96. The fourth-order valence-corrected chi connectivity index (χ4v) is 2.73. The summed E-state index contributed by atoms with van der Waals surface area (Å²) in [6.45, 7) is 4.81. The monoisotopic (exact) mass is 285 g/mol. The van der Waals surface area contributed by atoms with Gasteiger partial charge < -0.3 is 5.32 Å². The molecule has 0 saturated carbocycles. The Morgan fingerprint density at radius 1 is 1.24 bits per heavy atom. The van der Waals surface area contributed by atoms with E-state index >= 15 is 0 Å². The Labute approximate surface area is 124 Å². The van der Waals surface area contributed by atoms with E-state index in [-0.39, 0.29) is 5.82 Å². The highest BCUT2D eigenvalue weighted by molar-refractivity contribution is 5.61. The van der Waals surface area contributed by atoms with E-state index in [4.69, 9.17) is 0 Å². The van der Waals surface area contributed by atoms with Crippen LogP contribution in [-0.2, 0) is 12.8 Å². The van der Waals surface area contributed by atoms with Gasteiger partial charge in [-0.15, -0.1) is 0 Å². The van der Waals surface area contributed by atoms with Crippen molar-refractivity contribution in [1.82, 2.24) is 9.97 Å². The third-order valence-electron chi connectivity index (χ3n) is 3.89. The molecule has 0 saturated heterocycles. The Balaban J connectivity index is 2.04. The standard InChI is InChI=1S/C17H20FN3/c1-3-9-19-17-13-5-4-6-15(13)20-16(21-17)12-7-8-14(18)11(2)10-12/h7-8,10H,3-6,9H2,1-2H3,(H,19,20,21). The highest BCUT2D eigenvalue weighted by Crippen LogP contribution is 2.29. The summed E-state index contributed by atoms with van der Waals surface area (Å²) in [5.41, 5.74) is 3.90. The van der Waals surface area contributed by atoms with Crippen molar-refractivity contribution in [3.63, 3.8) is 0 Å². The summed E-state index contributed by atoms with van der Waals surface area (Å²) in [6, 6.07) is 5.05. The van der Waals surface area contributed by atoms with Crippen LogP contribution in [0.4, 0.5) is 10.2 Å². The molecule has 4 heteroatoms. The number of anilines is 1. The molecule has 1 aromatic carbocycles. The van der Waals surface area contributed by atoms with E-state index in [0.717, 1.165) is 49.3 Å². The lowest BCUT2D eigenvalue weighted by atomic mass is 10.1. The first kappa shape index (κ1) is 14.0. The fraction of sp³-hybridized carbons (Fsp3) is 0.412. The molecule has 2 aromatic rings. The van der Waals surface area contributed by atoms with Gasteiger partial charge in [-0.25, -0.2) is 14.4 Å². The van der Waals surface area contributed by atoms with Crippen molar-refractivity contribution in [2.75, 3.05) is 11.9 Å². The maximum atomic E-state index is 13.4. The van der Waals surface area contributed by atoms with E-state index in [1.54, 1.807) is 13.0 Å². The molecule has 110 valence electrons. The molecule has 0 amide bonds. The molecule has 21 heavy (non-hydrogen) atoms. The van der Waals surface area contributed by atoms with Crippen molar-refractivity contribution in [3.8, 4) is 11.4 Å². The zero-order valence-electron chi connectivity index (χ0n) is 12.5. The lowest BCUT2D eigenvalue weighted by Gasteiger charge is -2.12. The maximum Gasteiger partial charge on any atom is 0.161 e. The summed E-state index contributed by atoms with van der Waals surface area (Å²) in [5, 5.41) is 3.41. The van der Waals surface area contributed by atoms with Crippen LogP contribution >= 0.6 is 0 Å². The second kappa shape index (κ2) is 5.80. The van der Waals surface area contributed by atoms with Gasteiger partial charge in [0.2, 0.25) is 0 Å². The van der Waals surface area contributed by atoms with Crippen LogP contribution in [0, 0.1) is 12.7 Å². The Bertz CT molecular complexity index is 667. The topological polar surface area (TPSA) is 37.8 Å². The van der Waals surface area contributed by atoms with Gasteiger partial charge in [-0.05, 0) is 56.4 Å². The summed E-state index contributed by atoms with van der Waals surface area (Å²) >= 11 is 0. The van der Waals surface area contributed by atoms with Gasteiger partial charge in [0.1, 0.15) is 11.6 Å². The smallest absolute Gasteiger partial charge is 0.161 e. The summed E-state index contributed by atoms with van der Waals surface area (Å²) < 4.78 is 13.4. The molecule has 0 atom stereocenters. The van der Waals surface area contributed by atoms with Crippen LogP contribution in [0.5, 0.6) is 0 Å². The van der Waals surface area contributed by atoms with Crippen LogP contribution < -0.4 is 5.32 Å². The maximum absolute atomic E-state index is 13.4. The zero-order valence-corrected chi connectivity index (χ0v) is 12.5. The van der Waals surface area contributed by atoms with Gasteiger partial charge in [0, 0.05) is 23.4 Å². The fourth-order valence-electron chi connectivity index (χ4n) is 2.73. The lowest BCUT2D eigenvalue weighted by molar-refractivity contribution is 0.618. The van der Waals surface area contributed by atoms with Gasteiger partial charge in [-0.2, -0.15) is 0 Å². The number of nitrogens with one attached hydrogen (secondary N) is 1. The SMILES string of the molecule is CCCNc1nc(-c2ccc(F)c(C)c2)nc2c1CCC2. The van der Waals surface area contributed by atoms with Gasteiger partial charge in [-0.3, -0.25) is 0 Å². The third-order valence-corrected chi connectivity index (χ3v) is 3.89. The number of aromatic nitrogens is 2. The number of hydrogen-bond donors (Lipinski definition) is 1. The molecule has 0 bridgehead atoms. The number of aryl methyl sites for hydroxylation is 2. The van der Waals surface area contributed by atoms with E-state index in [0.29, 0.717) is 11.4 Å². The molecule has 3 nitrogen and oxygen atoms in total. The normalized spacial score (nSPS) is 13.3. The molecule has 0 unspecified atom stereocenters. The van der Waals surface area contributed by atoms with Crippen LogP contribution in [0.3, 0.4) is 0 Å². The molecule has 0 fully saturated rings. The largest absolute Gasteiger partial charge is 0.370 e. The summed E-state index contributed by atoms with van der Waals surface area (Å²) in [4.78, 5) is 9.37. The minimum Gasteiger partial charge on any atom is -0.370 e. The molecule has 1 aliphatic rings. The Kier molecular flexibility index (Phi) is 3.86. The molecule has 1 aliphatic carbocycles. The number of benzene rings is 1. The lowest BCUT2D eigenvalue weighted by Crippen LogP contribution is -2.08. The number of nitrogens with zero attached hydrogens (tertiary/aromatic N) is 2.